The molecule has 32 heavy (non-hydrogen) atoms. The third-order valence-electron chi connectivity index (χ3n) is 5.74. The Morgan fingerprint density at radius 2 is 1.62 bits per heavy atom. The maximum absolute atomic E-state index is 13.2. The van der Waals surface area contributed by atoms with Crippen LogP contribution in [0.25, 0.3) is 33.7 Å². The van der Waals surface area contributed by atoms with E-state index < -0.39 is 11.4 Å². The summed E-state index contributed by atoms with van der Waals surface area (Å²) in [7, 11) is 0. The highest BCUT2D eigenvalue weighted by Gasteiger charge is 2.47. The molecule has 0 saturated carbocycles. The van der Waals surface area contributed by atoms with Crippen LogP contribution < -0.4 is 4.90 Å². The van der Waals surface area contributed by atoms with Crippen molar-refractivity contribution in [2.75, 3.05) is 18.0 Å². The first-order valence-electron chi connectivity index (χ1n) is 10.2. The van der Waals surface area contributed by atoms with Gasteiger partial charge in [0.2, 0.25) is 0 Å². The van der Waals surface area contributed by atoms with Gasteiger partial charge in [0.25, 0.3) is 6.01 Å². The number of halogens is 1. The molecule has 1 aliphatic heterocycles. The molecule has 0 radical (unpaired) electrons. The van der Waals surface area contributed by atoms with Crippen molar-refractivity contribution in [1.82, 2.24) is 9.97 Å². The lowest BCUT2D eigenvalue weighted by Gasteiger charge is -2.43. The van der Waals surface area contributed by atoms with E-state index in [-0.39, 0.29) is 5.82 Å². The highest BCUT2D eigenvalue weighted by Crippen LogP contribution is 2.40. The van der Waals surface area contributed by atoms with E-state index in [1.807, 2.05) is 41.3 Å². The molecule has 1 N–H and O–H groups in total. The number of rotatable bonds is 5. The predicted octanol–water partition coefficient (Wildman–Crippen LogP) is 5.12. The van der Waals surface area contributed by atoms with Crippen LogP contribution in [0.4, 0.5) is 10.4 Å². The number of hydrogen-bond acceptors (Lipinski definition) is 5. The third kappa shape index (κ3) is 3.51. The Bertz CT molecular complexity index is 1260. The van der Waals surface area contributed by atoms with Crippen LogP contribution >= 0.6 is 0 Å². The standard InChI is InChI=1S/C25H20FN3O3/c1-25(23(30)31)14-29(15-25)24-28-21(22(32-24)19-3-2-12-27-13-19)18-6-4-16(5-7-18)17-8-10-20(26)11-9-17/h2-13H,14-15H2,1H3,(H,30,31). The quantitative estimate of drug-likeness (QED) is 0.474. The van der Waals surface area contributed by atoms with Gasteiger partial charge in [-0.25, -0.2) is 4.39 Å². The molecule has 3 heterocycles. The molecule has 0 amide bonds. The van der Waals surface area contributed by atoms with Gasteiger partial charge >= 0.3 is 5.97 Å². The number of anilines is 1. The zero-order valence-electron chi connectivity index (χ0n) is 17.3. The fraction of sp³-hybridized carbons (Fsp3) is 0.160. The molecule has 160 valence electrons. The monoisotopic (exact) mass is 429 g/mol. The van der Waals surface area contributed by atoms with Crippen LogP contribution in [-0.4, -0.2) is 34.1 Å². The van der Waals surface area contributed by atoms with Crippen molar-refractivity contribution in [1.29, 1.82) is 0 Å². The van der Waals surface area contributed by atoms with Crippen molar-refractivity contribution in [2.45, 2.75) is 6.92 Å². The largest absolute Gasteiger partial charge is 0.481 e. The zero-order chi connectivity index (χ0) is 22.3. The number of carboxylic acids is 1. The molecule has 1 saturated heterocycles. The molecular weight excluding hydrogens is 409 g/mol. The minimum absolute atomic E-state index is 0.272. The molecular formula is C25H20FN3O3. The normalized spacial score (nSPS) is 14.8. The summed E-state index contributed by atoms with van der Waals surface area (Å²) in [6.45, 7) is 2.38. The van der Waals surface area contributed by atoms with Gasteiger partial charge in [-0.05, 0) is 42.3 Å². The molecule has 0 unspecified atom stereocenters. The molecule has 6 nitrogen and oxygen atoms in total. The Labute approximate surface area is 184 Å². The molecule has 1 aliphatic rings. The summed E-state index contributed by atoms with van der Waals surface area (Å²) >= 11 is 0. The molecule has 0 atom stereocenters. The second-order valence-corrected chi connectivity index (χ2v) is 8.22. The second kappa shape index (κ2) is 7.60. The molecule has 1 fully saturated rings. The van der Waals surface area contributed by atoms with Crippen LogP contribution in [0.3, 0.4) is 0 Å². The summed E-state index contributed by atoms with van der Waals surface area (Å²) in [5, 5.41) is 9.40. The Morgan fingerprint density at radius 3 is 2.22 bits per heavy atom. The maximum Gasteiger partial charge on any atom is 0.312 e. The summed E-state index contributed by atoms with van der Waals surface area (Å²) in [4.78, 5) is 22.2. The summed E-state index contributed by atoms with van der Waals surface area (Å²) in [6, 6.07) is 18.2. The van der Waals surface area contributed by atoms with Gasteiger partial charge in [0, 0.05) is 36.6 Å². The molecule has 2 aromatic heterocycles. The van der Waals surface area contributed by atoms with Crippen molar-refractivity contribution in [3.8, 4) is 33.7 Å². The van der Waals surface area contributed by atoms with Crippen molar-refractivity contribution in [2.24, 2.45) is 5.41 Å². The van der Waals surface area contributed by atoms with E-state index in [1.54, 1.807) is 31.5 Å². The summed E-state index contributed by atoms with van der Waals surface area (Å²) in [5.74, 6) is -0.525. The smallest absolute Gasteiger partial charge is 0.312 e. The number of benzene rings is 2. The van der Waals surface area contributed by atoms with Gasteiger partial charge in [-0.3, -0.25) is 9.78 Å². The molecule has 2 aromatic carbocycles. The number of carbonyl (C=O) groups is 1. The SMILES string of the molecule is CC1(C(=O)O)CN(c2nc(-c3ccc(-c4ccc(F)cc4)cc3)c(-c3cccnc3)o2)C1. The van der Waals surface area contributed by atoms with Crippen molar-refractivity contribution < 1.29 is 18.7 Å². The van der Waals surface area contributed by atoms with Crippen LogP contribution in [0.15, 0.2) is 77.5 Å². The van der Waals surface area contributed by atoms with Crippen LogP contribution in [-0.2, 0) is 4.79 Å². The number of aromatic nitrogens is 2. The predicted molar refractivity (Wildman–Crippen MR) is 119 cm³/mol. The van der Waals surface area contributed by atoms with Crippen LogP contribution in [0.1, 0.15) is 6.92 Å². The van der Waals surface area contributed by atoms with E-state index in [4.69, 9.17) is 9.40 Å². The summed E-state index contributed by atoms with van der Waals surface area (Å²) in [6.07, 6.45) is 3.39. The van der Waals surface area contributed by atoms with E-state index in [0.29, 0.717) is 30.6 Å². The zero-order valence-corrected chi connectivity index (χ0v) is 17.3. The van der Waals surface area contributed by atoms with E-state index >= 15 is 0 Å². The second-order valence-electron chi connectivity index (χ2n) is 8.22. The number of oxazole rings is 1. The first-order chi connectivity index (χ1) is 15.4. The molecule has 5 rings (SSSR count). The summed E-state index contributed by atoms with van der Waals surface area (Å²) < 4.78 is 19.3. The minimum atomic E-state index is -0.829. The number of aliphatic carboxylic acids is 1. The van der Waals surface area contributed by atoms with Gasteiger partial charge in [-0.15, -0.1) is 0 Å². The lowest BCUT2D eigenvalue weighted by atomic mass is 9.82. The highest BCUT2D eigenvalue weighted by atomic mass is 19.1. The third-order valence-corrected chi connectivity index (χ3v) is 5.74. The van der Waals surface area contributed by atoms with Crippen molar-refractivity contribution in [3.63, 3.8) is 0 Å². The van der Waals surface area contributed by atoms with E-state index in [1.165, 1.54) is 12.1 Å². The highest BCUT2D eigenvalue weighted by molar-refractivity contribution is 5.81. The molecule has 0 aliphatic carbocycles. The minimum Gasteiger partial charge on any atom is -0.481 e. The number of hydrogen-bond donors (Lipinski definition) is 1. The van der Waals surface area contributed by atoms with Gasteiger partial charge in [0.15, 0.2) is 5.76 Å². The van der Waals surface area contributed by atoms with E-state index in [0.717, 1.165) is 22.3 Å². The van der Waals surface area contributed by atoms with E-state index in [9.17, 15) is 14.3 Å². The molecule has 7 heteroatoms. The average Bonchev–Trinajstić information content (AvgIpc) is 3.23. The lowest BCUT2D eigenvalue weighted by Crippen LogP contribution is -2.59. The van der Waals surface area contributed by atoms with E-state index in [2.05, 4.69) is 4.98 Å². The van der Waals surface area contributed by atoms with Gasteiger partial charge < -0.3 is 14.4 Å². The average molecular weight is 429 g/mol. The van der Waals surface area contributed by atoms with Gasteiger partial charge in [0.05, 0.1) is 0 Å². The van der Waals surface area contributed by atoms with Gasteiger partial charge in [0.1, 0.15) is 16.9 Å². The lowest BCUT2D eigenvalue weighted by molar-refractivity contribution is -0.149. The van der Waals surface area contributed by atoms with Crippen LogP contribution in [0.5, 0.6) is 0 Å². The van der Waals surface area contributed by atoms with Gasteiger partial charge in [-0.1, -0.05) is 36.4 Å². The first-order valence-corrected chi connectivity index (χ1v) is 10.2. The summed E-state index contributed by atoms with van der Waals surface area (Å²) in [5.41, 5.74) is 3.36. The topological polar surface area (TPSA) is 79.5 Å². The Balaban J connectivity index is 1.50. The number of pyridine rings is 1. The molecule has 4 aromatic rings. The molecule has 0 spiro atoms. The first kappa shape index (κ1) is 19.9. The maximum atomic E-state index is 13.2. The van der Waals surface area contributed by atoms with Gasteiger partial charge in [-0.2, -0.15) is 4.98 Å². The Morgan fingerprint density at radius 1 is 1.00 bits per heavy atom. The van der Waals surface area contributed by atoms with Crippen molar-refractivity contribution >= 4 is 12.0 Å². The fourth-order valence-electron chi connectivity index (χ4n) is 3.86. The van der Waals surface area contributed by atoms with Crippen LogP contribution in [0.2, 0.25) is 0 Å². The fourth-order valence-corrected chi connectivity index (χ4v) is 3.86. The number of carboxylic acid groups (broad SMARTS) is 1. The van der Waals surface area contributed by atoms with Crippen LogP contribution in [0, 0.1) is 11.2 Å². The molecule has 0 bridgehead atoms. The Kier molecular flexibility index (Phi) is 4.74. The number of nitrogens with zero attached hydrogens (tertiary/aromatic N) is 3. The Hall–Kier alpha value is -4.00. The van der Waals surface area contributed by atoms with Crippen molar-refractivity contribution in [3.05, 3.63) is 78.9 Å².